The quantitative estimate of drug-likeness (QED) is 0.157. The van der Waals surface area contributed by atoms with Crippen molar-refractivity contribution in [1.29, 1.82) is 0 Å². The van der Waals surface area contributed by atoms with Crippen LogP contribution in [0.5, 0.6) is 5.75 Å². The molecule has 0 amide bonds. The molecule has 2 fully saturated rings. The average Bonchev–Trinajstić information content (AvgIpc) is 2.89. The van der Waals surface area contributed by atoms with Crippen LogP contribution >= 0.6 is 0 Å². The molecule has 0 atom stereocenters. The van der Waals surface area contributed by atoms with E-state index in [1.54, 1.807) is 0 Å². The number of hydrogen-bond donors (Lipinski definition) is 0. The van der Waals surface area contributed by atoms with Gasteiger partial charge in [-0.05, 0) is 78.8 Å². The molecule has 0 unspecified atom stereocenters. The number of halogens is 6. The van der Waals surface area contributed by atoms with Gasteiger partial charge < -0.3 is 4.74 Å². The van der Waals surface area contributed by atoms with Gasteiger partial charge in [-0.3, -0.25) is 0 Å². The highest BCUT2D eigenvalue weighted by molar-refractivity contribution is 6.58. The molecular weight excluding hydrogens is 530 g/mol. The molecule has 0 aromatic heterocycles. The molecule has 2 aromatic carbocycles. The maximum Gasteiger partial charge on any atom is 0.573 e. The maximum absolute atomic E-state index is 15.0. The first-order valence-corrected chi connectivity index (χ1v) is 17.1. The van der Waals surface area contributed by atoms with Crippen LogP contribution in [0.1, 0.15) is 89.0 Å². The van der Waals surface area contributed by atoms with Crippen molar-refractivity contribution in [2.45, 2.75) is 108 Å². The first kappa shape index (κ1) is 30.0. The zero-order valence-electron chi connectivity index (χ0n) is 22.8. The molecule has 216 valence electrons. The maximum atomic E-state index is 15.0. The number of rotatable bonds is 10. The summed E-state index contributed by atoms with van der Waals surface area (Å²) < 4.78 is 84.9. The van der Waals surface area contributed by atoms with Crippen molar-refractivity contribution in [2.75, 3.05) is 0 Å². The highest BCUT2D eigenvalue weighted by Crippen LogP contribution is 2.41. The van der Waals surface area contributed by atoms with E-state index in [0.29, 0.717) is 17.5 Å². The summed E-state index contributed by atoms with van der Waals surface area (Å²) in [5.41, 5.74) is -0.0333. The van der Waals surface area contributed by atoms with Crippen molar-refractivity contribution in [2.24, 2.45) is 11.8 Å². The Hall–Kier alpha value is -1.96. The molecule has 0 N–H and O–H groups in total. The Morgan fingerprint density at radius 2 is 1.41 bits per heavy atom. The molecule has 0 spiro atoms. The Balaban J connectivity index is 1.28. The summed E-state index contributed by atoms with van der Waals surface area (Å²) in [5.74, 6) is -2.44. The molecule has 1 aliphatic carbocycles. The lowest BCUT2D eigenvalue weighted by molar-refractivity contribution is -0.275. The van der Waals surface area contributed by atoms with Crippen LogP contribution in [0.25, 0.3) is 11.1 Å². The highest BCUT2D eigenvalue weighted by Gasteiger charge is 2.33. The number of hydrogen-bond acceptors (Lipinski definition) is 1. The van der Waals surface area contributed by atoms with Gasteiger partial charge in [-0.25, -0.2) is 13.2 Å². The van der Waals surface area contributed by atoms with E-state index in [1.807, 2.05) is 0 Å². The fourth-order valence-electron chi connectivity index (χ4n) is 6.72. The van der Waals surface area contributed by atoms with Gasteiger partial charge in [0.25, 0.3) is 0 Å². The third-order valence-corrected chi connectivity index (χ3v) is 12.5. The molecule has 1 nitrogen and oxygen atoms in total. The molecule has 2 aliphatic rings. The number of ether oxygens (including phenoxy) is 1. The third-order valence-electron chi connectivity index (χ3n) is 8.99. The summed E-state index contributed by atoms with van der Waals surface area (Å²) in [6.07, 6.45) is 8.37. The standard InChI is InChI=1S/C31H40F6OSi/c1-2-3-4-15-39-16-13-22(14-17-39)6-5-21-7-9-23(10-8-21)25-19-27(33)30(28(34)20-25)24-11-12-29(26(32)18-24)38-31(35,36)37/h11-12,18-23,39H,2-10,13-17H2,1H3/t21-,22-,23-,39-. The molecule has 1 saturated heterocycles. The fourth-order valence-corrected chi connectivity index (χ4v) is 10.3. The molecule has 1 saturated carbocycles. The van der Waals surface area contributed by atoms with Crippen molar-refractivity contribution in [1.82, 2.24) is 0 Å². The van der Waals surface area contributed by atoms with E-state index in [4.69, 9.17) is 0 Å². The van der Waals surface area contributed by atoms with Crippen LogP contribution in [0.2, 0.25) is 18.1 Å². The van der Waals surface area contributed by atoms with E-state index in [1.165, 1.54) is 75.2 Å². The lowest BCUT2D eigenvalue weighted by atomic mass is 9.76. The van der Waals surface area contributed by atoms with Gasteiger partial charge >= 0.3 is 6.36 Å². The normalized spacial score (nSPS) is 24.1. The topological polar surface area (TPSA) is 9.23 Å². The second-order valence-electron chi connectivity index (χ2n) is 11.7. The zero-order chi connectivity index (χ0) is 28.0. The predicted molar refractivity (Wildman–Crippen MR) is 146 cm³/mol. The average molecular weight is 571 g/mol. The smallest absolute Gasteiger partial charge is 0.403 e. The molecule has 2 aromatic rings. The largest absolute Gasteiger partial charge is 0.573 e. The Morgan fingerprint density at radius 3 is 1.97 bits per heavy atom. The second kappa shape index (κ2) is 13.6. The lowest BCUT2D eigenvalue weighted by Gasteiger charge is -2.32. The monoisotopic (exact) mass is 570 g/mol. The van der Waals surface area contributed by atoms with Crippen LogP contribution in [0.4, 0.5) is 26.3 Å². The van der Waals surface area contributed by atoms with E-state index in [-0.39, 0.29) is 11.5 Å². The fraction of sp³-hybridized carbons (Fsp3) is 0.613. The lowest BCUT2D eigenvalue weighted by Crippen LogP contribution is -2.22. The van der Waals surface area contributed by atoms with Gasteiger partial charge in [0.2, 0.25) is 0 Å². The Kier molecular flexibility index (Phi) is 10.5. The van der Waals surface area contributed by atoms with Crippen LogP contribution in [-0.4, -0.2) is 15.2 Å². The van der Waals surface area contributed by atoms with Crippen LogP contribution in [0, 0.1) is 29.3 Å². The predicted octanol–water partition coefficient (Wildman–Crippen LogP) is 10.6. The molecule has 0 bridgehead atoms. The molecule has 8 heteroatoms. The molecule has 4 rings (SSSR count). The summed E-state index contributed by atoms with van der Waals surface area (Å²) in [6, 6.07) is 9.58. The minimum atomic E-state index is -5.06. The van der Waals surface area contributed by atoms with Gasteiger partial charge in [0.1, 0.15) is 11.6 Å². The minimum absolute atomic E-state index is 0.0724. The van der Waals surface area contributed by atoms with Gasteiger partial charge in [0.05, 0.1) is 5.56 Å². The SMILES string of the molecule is CCCCC[Si@H]1CC[C@H](CC[C@H]2CC[C@H](c3cc(F)c(-c4ccc(OC(F)(F)F)c(F)c4)c(F)c3)CC2)CC1. The van der Waals surface area contributed by atoms with Crippen LogP contribution < -0.4 is 4.74 Å². The summed E-state index contributed by atoms with van der Waals surface area (Å²) in [6.45, 7) is 2.27. The van der Waals surface area contributed by atoms with E-state index in [9.17, 15) is 17.6 Å². The Morgan fingerprint density at radius 1 is 0.795 bits per heavy atom. The number of benzene rings is 2. The van der Waals surface area contributed by atoms with Gasteiger partial charge in [-0.1, -0.05) is 76.1 Å². The van der Waals surface area contributed by atoms with E-state index < -0.39 is 43.9 Å². The molecule has 39 heavy (non-hydrogen) atoms. The van der Waals surface area contributed by atoms with Gasteiger partial charge in [0, 0.05) is 8.80 Å². The molecular formula is C31H40F6OSi. The first-order valence-electron chi connectivity index (χ1n) is 14.7. The number of alkyl halides is 3. The van der Waals surface area contributed by atoms with Gasteiger partial charge in [-0.2, -0.15) is 0 Å². The molecule has 0 radical (unpaired) electrons. The van der Waals surface area contributed by atoms with E-state index >= 15 is 8.78 Å². The van der Waals surface area contributed by atoms with E-state index in [0.717, 1.165) is 43.7 Å². The summed E-state index contributed by atoms with van der Waals surface area (Å²) in [4.78, 5) is 0. The van der Waals surface area contributed by atoms with Crippen molar-refractivity contribution >= 4 is 8.80 Å². The minimum Gasteiger partial charge on any atom is -0.403 e. The number of unbranched alkanes of at least 4 members (excludes halogenated alkanes) is 2. The highest BCUT2D eigenvalue weighted by atomic mass is 28.3. The first-order chi connectivity index (χ1) is 18.6. The van der Waals surface area contributed by atoms with Crippen molar-refractivity contribution in [3.63, 3.8) is 0 Å². The van der Waals surface area contributed by atoms with Gasteiger partial charge in [0.15, 0.2) is 11.6 Å². The molecule has 1 heterocycles. The second-order valence-corrected chi connectivity index (χ2v) is 15.2. The van der Waals surface area contributed by atoms with Crippen LogP contribution in [0.15, 0.2) is 30.3 Å². The van der Waals surface area contributed by atoms with Crippen LogP contribution in [0.3, 0.4) is 0 Å². The zero-order valence-corrected chi connectivity index (χ0v) is 23.9. The summed E-state index contributed by atoms with van der Waals surface area (Å²) in [7, 11) is -0.470. The summed E-state index contributed by atoms with van der Waals surface area (Å²) in [5, 5.41) is 0. The third kappa shape index (κ3) is 8.51. The Labute approximate surface area is 229 Å². The van der Waals surface area contributed by atoms with Crippen molar-refractivity contribution in [3.05, 3.63) is 53.3 Å². The summed E-state index contributed by atoms with van der Waals surface area (Å²) >= 11 is 0. The van der Waals surface area contributed by atoms with Crippen molar-refractivity contribution in [3.8, 4) is 16.9 Å². The van der Waals surface area contributed by atoms with Gasteiger partial charge in [-0.15, -0.1) is 13.2 Å². The molecule has 1 aliphatic heterocycles. The van der Waals surface area contributed by atoms with Crippen LogP contribution in [-0.2, 0) is 0 Å². The van der Waals surface area contributed by atoms with Crippen molar-refractivity contribution < 1.29 is 31.1 Å². The van der Waals surface area contributed by atoms with E-state index in [2.05, 4.69) is 11.7 Å². The Bertz CT molecular complexity index is 1050.